The van der Waals surface area contributed by atoms with E-state index in [9.17, 15) is 0 Å². The Bertz CT molecular complexity index is 2300. The topological polar surface area (TPSA) is 22.2 Å². The van der Waals surface area contributed by atoms with Crippen molar-refractivity contribution in [3.63, 3.8) is 0 Å². The second-order valence-electron chi connectivity index (χ2n) is 10.4. The summed E-state index contributed by atoms with van der Waals surface area (Å²) in [6.07, 6.45) is 2.92. The van der Waals surface area contributed by atoms with E-state index in [-0.39, 0.29) is 0 Å². The summed E-state index contributed by atoms with van der Waals surface area (Å²) in [5.41, 5.74) is 9.59. The summed E-state index contributed by atoms with van der Waals surface area (Å²) >= 11 is 0. The molecule has 0 amide bonds. The number of benzene rings is 6. The molecular weight excluding hydrogens is 474 g/mol. The summed E-state index contributed by atoms with van der Waals surface area (Å²) in [6, 6.07) is 44.2. The molecule has 39 heavy (non-hydrogen) atoms. The van der Waals surface area contributed by atoms with Gasteiger partial charge in [-0.3, -0.25) is 4.99 Å². The molecule has 1 aliphatic heterocycles. The van der Waals surface area contributed by atoms with Gasteiger partial charge in [-0.25, -0.2) is 0 Å². The Labute approximate surface area is 224 Å². The van der Waals surface area contributed by atoms with E-state index in [1.807, 2.05) is 6.21 Å². The minimum Gasteiger partial charge on any atom is -0.309 e. The fourth-order valence-corrected chi connectivity index (χ4v) is 6.67. The van der Waals surface area contributed by atoms with Crippen LogP contribution in [0.25, 0.3) is 65.8 Å². The highest BCUT2D eigenvalue weighted by molar-refractivity contribution is 6.30. The quantitative estimate of drug-likeness (QED) is 0.227. The fraction of sp³-hybridized carbons (Fsp3) is 0.0278. The molecule has 182 valence electrons. The summed E-state index contributed by atoms with van der Waals surface area (Å²) in [5.74, 6) is 0. The Kier molecular flexibility index (Phi) is 4.11. The van der Waals surface area contributed by atoms with Crippen LogP contribution in [0.15, 0.2) is 126 Å². The molecule has 3 heteroatoms. The molecule has 0 saturated heterocycles. The van der Waals surface area contributed by atoms with E-state index in [1.165, 1.54) is 65.6 Å². The summed E-state index contributed by atoms with van der Waals surface area (Å²) in [6.45, 7) is 0. The highest BCUT2D eigenvalue weighted by Gasteiger charge is 2.21. The van der Waals surface area contributed by atoms with Gasteiger partial charge in [0.1, 0.15) is 0 Å². The van der Waals surface area contributed by atoms with Gasteiger partial charge in [0.2, 0.25) is 0 Å². The lowest BCUT2D eigenvalue weighted by molar-refractivity contribution is 1.18. The zero-order chi connectivity index (χ0) is 25.5. The van der Waals surface area contributed by atoms with E-state index in [0.29, 0.717) is 0 Å². The standard InChI is InChI=1S/C36H23N3/c1-2-8-25(9-3-1)38-32-13-7-5-11-29(32)35-33(38)19-16-24-15-18-28-27-10-4-6-12-31(27)39(36(28)34(24)35)26-17-14-23-20-21-37-30(23)22-26/h1-19,21-22H,20H2. The van der Waals surface area contributed by atoms with Crippen LogP contribution in [-0.4, -0.2) is 15.3 Å². The van der Waals surface area contributed by atoms with Crippen LogP contribution in [0.1, 0.15) is 5.56 Å². The van der Waals surface area contributed by atoms with Crippen molar-refractivity contribution in [2.45, 2.75) is 6.42 Å². The number of aliphatic imine (C=N–C) groups is 1. The molecule has 0 radical (unpaired) electrons. The molecule has 0 bridgehead atoms. The van der Waals surface area contributed by atoms with E-state index in [4.69, 9.17) is 0 Å². The monoisotopic (exact) mass is 497 g/mol. The average molecular weight is 498 g/mol. The van der Waals surface area contributed by atoms with Gasteiger partial charge in [-0.05, 0) is 53.4 Å². The maximum absolute atomic E-state index is 4.68. The number of aromatic nitrogens is 2. The van der Waals surface area contributed by atoms with Crippen LogP contribution in [0.2, 0.25) is 0 Å². The molecule has 0 spiro atoms. The van der Waals surface area contributed by atoms with Crippen LogP contribution in [0.5, 0.6) is 0 Å². The molecule has 8 aromatic rings. The van der Waals surface area contributed by atoms with Gasteiger partial charge in [-0.2, -0.15) is 0 Å². The zero-order valence-corrected chi connectivity index (χ0v) is 21.2. The highest BCUT2D eigenvalue weighted by atomic mass is 15.0. The first-order chi connectivity index (χ1) is 19.4. The van der Waals surface area contributed by atoms with Crippen molar-refractivity contribution >= 4 is 66.3 Å². The van der Waals surface area contributed by atoms with Crippen LogP contribution < -0.4 is 0 Å². The second-order valence-corrected chi connectivity index (χ2v) is 10.4. The van der Waals surface area contributed by atoms with E-state index >= 15 is 0 Å². The summed E-state index contributed by atoms with van der Waals surface area (Å²) in [4.78, 5) is 4.68. The third kappa shape index (κ3) is 2.79. The molecule has 3 heterocycles. The molecule has 0 aliphatic carbocycles. The Morgan fingerprint density at radius 1 is 0.513 bits per heavy atom. The predicted molar refractivity (Wildman–Crippen MR) is 164 cm³/mol. The molecule has 9 rings (SSSR count). The second kappa shape index (κ2) is 7.68. The summed E-state index contributed by atoms with van der Waals surface area (Å²) in [5, 5.41) is 7.63. The minimum absolute atomic E-state index is 0.908. The van der Waals surface area contributed by atoms with Crippen molar-refractivity contribution in [1.82, 2.24) is 9.13 Å². The Hall–Kier alpha value is -5.15. The van der Waals surface area contributed by atoms with Gasteiger partial charge in [0.15, 0.2) is 0 Å². The Balaban J connectivity index is 1.53. The molecule has 0 fully saturated rings. The molecule has 0 N–H and O–H groups in total. The molecule has 3 nitrogen and oxygen atoms in total. The third-order valence-electron chi connectivity index (χ3n) is 8.33. The maximum atomic E-state index is 4.68. The molecular formula is C36H23N3. The first kappa shape index (κ1) is 20.9. The van der Waals surface area contributed by atoms with Gasteiger partial charge in [0, 0.05) is 50.9 Å². The van der Waals surface area contributed by atoms with Crippen molar-refractivity contribution in [3.8, 4) is 11.4 Å². The lowest BCUT2D eigenvalue weighted by Gasteiger charge is -2.12. The van der Waals surface area contributed by atoms with Crippen LogP contribution in [-0.2, 0) is 6.42 Å². The lowest BCUT2D eigenvalue weighted by Crippen LogP contribution is -1.96. The third-order valence-corrected chi connectivity index (χ3v) is 8.33. The van der Waals surface area contributed by atoms with Gasteiger partial charge in [0.25, 0.3) is 0 Å². The van der Waals surface area contributed by atoms with E-state index < -0.39 is 0 Å². The Morgan fingerprint density at radius 3 is 2.13 bits per heavy atom. The SMILES string of the molecule is C1=Nc2cc(-n3c4ccccc4c4ccc5ccc6c(c7ccccc7n6-c6ccccc6)c5c43)ccc2C1. The van der Waals surface area contributed by atoms with Crippen molar-refractivity contribution in [3.05, 3.63) is 127 Å². The number of hydrogen-bond acceptors (Lipinski definition) is 1. The van der Waals surface area contributed by atoms with Crippen LogP contribution in [0.4, 0.5) is 5.69 Å². The fourth-order valence-electron chi connectivity index (χ4n) is 6.67. The van der Waals surface area contributed by atoms with Crippen LogP contribution in [0.3, 0.4) is 0 Å². The maximum Gasteiger partial charge on any atom is 0.0682 e. The predicted octanol–water partition coefficient (Wildman–Crippen LogP) is 9.29. The van der Waals surface area contributed by atoms with E-state index in [2.05, 4.69) is 135 Å². The normalized spacial score (nSPS) is 12.9. The molecule has 0 saturated carbocycles. The van der Waals surface area contributed by atoms with Gasteiger partial charge in [-0.15, -0.1) is 0 Å². The van der Waals surface area contributed by atoms with Crippen molar-refractivity contribution < 1.29 is 0 Å². The van der Waals surface area contributed by atoms with Gasteiger partial charge >= 0.3 is 0 Å². The van der Waals surface area contributed by atoms with Crippen LogP contribution >= 0.6 is 0 Å². The largest absolute Gasteiger partial charge is 0.309 e. The lowest BCUT2D eigenvalue weighted by atomic mass is 10.0. The smallest absolute Gasteiger partial charge is 0.0682 e. The number of para-hydroxylation sites is 3. The first-order valence-corrected chi connectivity index (χ1v) is 13.5. The molecule has 0 atom stereocenters. The first-order valence-electron chi connectivity index (χ1n) is 13.5. The molecule has 6 aromatic carbocycles. The van der Waals surface area contributed by atoms with E-state index in [0.717, 1.165) is 17.8 Å². The number of hydrogen-bond donors (Lipinski definition) is 0. The summed E-state index contributed by atoms with van der Waals surface area (Å²) < 4.78 is 4.86. The minimum atomic E-state index is 0.908. The molecule has 2 aromatic heterocycles. The van der Waals surface area contributed by atoms with Gasteiger partial charge in [-0.1, -0.05) is 78.9 Å². The average Bonchev–Trinajstić information content (AvgIpc) is 3.69. The molecule has 0 unspecified atom stereocenters. The zero-order valence-electron chi connectivity index (χ0n) is 21.2. The van der Waals surface area contributed by atoms with Crippen molar-refractivity contribution in [1.29, 1.82) is 0 Å². The number of fused-ring (bicyclic) bond motifs is 10. The van der Waals surface area contributed by atoms with E-state index in [1.54, 1.807) is 0 Å². The van der Waals surface area contributed by atoms with Crippen molar-refractivity contribution in [2.75, 3.05) is 0 Å². The van der Waals surface area contributed by atoms with Crippen LogP contribution in [0, 0.1) is 0 Å². The number of rotatable bonds is 2. The number of nitrogens with zero attached hydrogens (tertiary/aromatic N) is 3. The van der Waals surface area contributed by atoms with Gasteiger partial charge < -0.3 is 9.13 Å². The van der Waals surface area contributed by atoms with Crippen molar-refractivity contribution in [2.24, 2.45) is 4.99 Å². The highest BCUT2D eigenvalue weighted by Crippen LogP contribution is 2.43. The molecule has 1 aliphatic rings. The van der Waals surface area contributed by atoms with Gasteiger partial charge in [0.05, 0.1) is 27.8 Å². The Morgan fingerprint density at radius 2 is 1.26 bits per heavy atom. The summed E-state index contributed by atoms with van der Waals surface area (Å²) in [7, 11) is 0.